The number of imide groups is 1. The Kier molecular flexibility index (Phi) is 6.52. The summed E-state index contributed by atoms with van der Waals surface area (Å²) in [5.41, 5.74) is 4.92. The number of fused-ring (bicyclic) bond motifs is 1. The smallest absolute Gasteiger partial charge is 0.260 e. The van der Waals surface area contributed by atoms with E-state index in [4.69, 9.17) is 23.2 Å². The maximum Gasteiger partial charge on any atom is 0.260 e. The van der Waals surface area contributed by atoms with Gasteiger partial charge in [-0.3, -0.25) is 14.9 Å². The normalized spacial score (nSPS) is 17.3. The molecule has 3 aromatic carbocycles. The predicted molar refractivity (Wildman–Crippen MR) is 142 cm³/mol. The highest BCUT2D eigenvalue weighted by molar-refractivity contribution is 6.36. The van der Waals surface area contributed by atoms with E-state index in [9.17, 15) is 9.59 Å². The van der Waals surface area contributed by atoms with Gasteiger partial charge in [0, 0.05) is 70.5 Å². The number of likely N-dealkylation sites (N-methyl/N-ethyl adjacent to an activating group) is 1. The number of rotatable bonds is 4. The molecule has 3 aromatic rings. The Hall–Kier alpha value is -3.32. The van der Waals surface area contributed by atoms with Crippen molar-refractivity contribution in [3.63, 3.8) is 0 Å². The highest BCUT2D eigenvalue weighted by atomic mass is 35.5. The Morgan fingerprint density at radius 2 is 1.54 bits per heavy atom. The number of amides is 2. The van der Waals surface area contributed by atoms with E-state index in [0.717, 1.165) is 43.0 Å². The number of halogens is 2. The van der Waals surface area contributed by atoms with Gasteiger partial charge in [-0.25, -0.2) is 0 Å². The second kappa shape index (κ2) is 9.74. The Balaban J connectivity index is 1.42. The average molecular weight is 507 g/mol. The van der Waals surface area contributed by atoms with E-state index >= 15 is 0 Å². The van der Waals surface area contributed by atoms with Gasteiger partial charge in [0.05, 0.1) is 5.57 Å². The second-order valence-corrected chi connectivity index (χ2v) is 9.55. The summed E-state index contributed by atoms with van der Waals surface area (Å²) in [4.78, 5) is 29.9. The van der Waals surface area contributed by atoms with E-state index in [1.165, 1.54) is 5.69 Å². The first kappa shape index (κ1) is 23.4. The van der Waals surface area contributed by atoms with E-state index in [1.54, 1.807) is 24.4 Å². The van der Waals surface area contributed by atoms with Crippen molar-refractivity contribution in [1.82, 2.24) is 10.2 Å². The molecule has 0 spiro atoms. The molecule has 178 valence electrons. The van der Waals surface area contributed by atoms with Crippen LogP contribution in [0.3, 0.4) is 0 Å². The van der Waals surface area contributed by atoms with Crippen LogP contribution in [0.15, 0.2) is 66.9 Å². The van der Waals surface area contributed by atoms with Crippen molar-refractivity contribution in [3.8, 4) is 11.1 Å². The lowest BCUT2D eigenvalue weighted by Gasteiger charge is -2.34. The molecule has 0 aliphatic carbocycles. The molecule has 1 fully saturated rings. The molecular weight excluding hydrogens is 483 g/mol. The van der Waals surface area contributed by atoms with Gasteiger partial charge in [-0.05, 0) is 61.1 Å². The number of nitrogens with zero attached hydrogens (tertiary/aromatic N) is 2. The van der Waals surface area contributed by atoms with Crippen molar-refractivity contribution >= 4 is 52.0 Å². The molecule has 0 radical (unpaired) electrons. The predicted octanol–water partition coefficient (Wildman–Crippen LogP) is 5.14. The van der Waals surface area contributed by atoms with Crippen LogP contribution in [0.4, 0.5) is 11.4 Å². The second-order valence-electron chi connectivity index (χ2n) is 8.71. The summed E-state index contributed by atoms with van der Waals surface area (Å²) in [5.74, 6) is -0.879. The topological polar surface area (TPSA) is 64.7 Å². The van der Waals surface area contributed by atoms with Gasteiger partial charge in [0.1, 0.15) is 0 Å². The largest absolute Gasteiger partial charge is 0.369 e. The number of piperazine rings is 1. The fraction of sp³-hybridized carbons (Fsp3) is 0.185. The minimum atomic E-state index is -0.455. The van der Waals surface area contributed by atoms with Crippen LogP contribution in [0.2, 0.25) is 10.0 Å². The van der Waals surface area contributed by atoms with Crippen LogP contribution in [-0.2, 0) is 4.79 Å². The molecule has 2 N–H and O–H groups in total. The Morgan fingerprint density at radius 3 is 2.26 bits per heavy atom. The number of carbonyl (C=O) groups is 2. The summed E-state index contributed by atoms with van der Waals surface area (Å²) in [6.45, 7) is 4.09. The summed E-state index contributed by atoms with van der Waals surface area (Å²) in [5, 5.41) is 6.66. The molecule has 0 unspecified atom stereocenters. The number of anilines is 2. The number of hydrogen-bond donors (Lipinski definition) is 2. The first-order valence-corrected chi connectivity index (χ1v) is 12.1. The van der Waals surface area contributed by atoms with Gasteiger partial charge in [0.15, 0.2) is 0 Å². The third-order valence-electron chi connectivity index (χ3n) is 6.39. The van der Waals surface area contributed by atoms with Crippen molar-refractivity contribution in [3.05, 3.63) is 88.0 Å². The van der Waals surface area contributed by atoms with Gasteiger partial charge in [0.25, 0.3) is 11.8 Å². The summed E-state index contributed by atoms with van der Waals surface area (Å²) < 4.78 is 0. The molecule has 6 nitrogen and oxygen atoms in total. The van der Waals surface area contributed by atoms with Crippen molar-refractivity contribution in [2.75, 3.05) is 43.4 Å². The van der Waals surface area contributed by atoms with E-state index in [2.05, 4.69) is 39.6 Å². The van der Waals surface area contributed by atoms with Crippen LogP contribution in [0, 0.1) is 0 Å². The van der Waals surface area contributed by atoms with Crippen LogP contribution in [0.1, 0.15) is 15.9 Å². The minimum absolute atomic E-state index is 0.370. The van der Waals surface area contributed by atoms with Gasteiger partial charge in [-0.1, -0.05) is 35.3 Å². The first-order chi connectivity index (χ1) is 16.9. The van der Waals surface area contributed by atoms with E-state index in [0.29, 0.717) is 26.7 Å². The number of hydrogen-bond acceptors (Lipinski definition) is 5. The highest BCUT2D eigenvalue weighted by Gasteiger charge is 2.28. The third kappa shape index (κ3) is 4.91. The molecule has 2 aliphatic heterocycles. The third-order valence-corrected chi connectivity index (χ3v) is 6.93. The summed E-state index contributed by atoms with van der Waals surface area (Å²) >= 11 is 12.4. The number of carbonyl (C=O) groups excluding carboxylic acids is 2. The molecule has 0 aromatic heterocycles. The van der Waals surface area contributed by atoms with Crippen LogP contribution < -0.4 is 15.5 Å². The molecule has 2 amide bonds. The number of nitrogens with one attached hydrogen (secondary N) is 2. The maximum atomic E-state index is 12.7. The lowest BCUT2D eigenvalue weighted by Crippen LogP contribution is -2.44. The average Bonchev–Trinajstić information content (AvgIpc) is 2.84. The molecule has 2 heterocycles. The fourth-order valence-electron chi connectivity index (χ4n) is 4.35. The molecule has 5 rings (SSSR count). The molecular formula is C27H24Cl2N4O2. The van der Waals surface area contributed by atoms with E-state index < -0.39 is 11.8 Å². The highest BCUT2D eigenvalue weighted by Crippen LogP contribution is 2.34. The quantitative estimate of drug-likeness (QED) is 0.379. The van der Waals surface area contributed by atoms with Gasteiger partial charge < -0.3 is 15.1 Å². The monoisotopic (exact) mass is 506 g/mol. The summed E-state index contributed by atoms with van der Waals surface area (Å²) in [6.07, 6.45) is 1.64. The van der Waals surface area contributed by atoms with Crippen molar-refractivity contribution < 1.29 is 9.59 Å². The Morgan fingerprint density at radius 1 is 0.829 bits per heavy atom. The van der Waals surface area contributed by atoms with Crippen molar-refractivity contribution in [2.24, 2.45) is 0 Å². The summed E-state index contributed by atoms with van der Waals surface area (Å²) in [6, 6.07) is 18.7. The van der Waals surface area contributed by atoms with Gasteiger partial charge in [-0.15, -0.1) is 0 Å². The van der Waals surface area contributed by atoms with Crippen molar-refractivity contribution in [2.45, 2.75) is 0 Å². The zero-order valence-corrected chi connectivity index (χ0v) is 20.7. The Labute approximate surface area is 214 Å². The first-order valence-electron chi connectivity index (χ1n) is 11.3. The Bertz CT molecular complexity index is 1330. The molecule has 0 saturated carbocycles. The number of benzene rings is 3. The van der Waals surface area contributed by atoms with Crippen LogP contribution >= 0.6 is 23.2 Å². The van der Waals surface area contributed by atoms with Gasteiger partial charge >= 0.3 is 0 Å². The maximum absolute atomic E-state index is 12.7. The van der Waals surface area contributed by atoms with Crippen molar-refractivity contribution in [1.29, 1.82) is 0 Å². The van der Waals surface area contributed by atoms with Crippen LogP contribution in [-0.4, -0.2) is 49.9 Å². The SMILES string of the molecule is CN1CCN(c2ccc(N/C=C3\C(=O)NC(=O)c4ccc(-c5ccc(Cl)cc5Cl)cc43)cc2)CC1. The van der Waals surface area contributed by atoms with Gasteiger partial charge in [0.2, 0.25) is 0 Å². The van der Waals surface area contributed by atoms with Crippen LogP contribution in [0.5, 0.6) is 0 Å². The molecule has 8 heteroatoms. The summed E-state index contributed by atoms with van der Waals surface area (Å²) in [7, 11) is 2.14. The molecule has 35 heavy (non-hydrogen) atoms. The van der Waals surface area contributed by atoms with E-state index in [1.807, 2.05) is 30.3 Å². The zero-order chi connectivity index (χ0) is 24.5. The molecule has 1 saturated heterocycles. The lowest BCUT2D eigenvalue weighted by molar-refractivity contribution is -0.114. The van der Waals surface area contributed by atoms with E-state index in [-0.39, 0.29) is 0 Å². The van der Waals surface area contributed by atoms with Crippen LogP contribution in [0.25, 0.3) is 16.7 Å². The molecule has 2 aliphatic rings. The molecule has 0 atom stereocenters. The van der Waals surface area contributed by atoms with Gasteiger partial charge in [-0.2, -0.15) is 0 Å². The minimum Gasteiger partial charge on any atom is -0.369 e. The standard InChI is InChI=1S/C27H24Cl2N4O2/c1-32-10-12-33(13-11-32)20-6-4-19(5-7-20)30-16-24-23-14-17(21-9-3-18(28)15-25(21)29)2-8-22(23)26(34)31-27(24)35/h2-9,14-16,30H,10-13H2,1H3,(H,31,34,35)/b24-16-. The lowest BCUT2D eigenvalue weighted by atomic mass is 9.91. The molecule has 0 bridgehead atoms. The zero-order valence-electron chi connectivity index (χ0n) is 19.1. The fourth-order valence-corrected chi connectivity index (χ4v) is 4.87.